The summed E-state index contributed by atoms with van der Waals surface area (Å²) in [5.41, 5.74) is 0.0750. The Hall–Kier alpha value is -2.22. The lowest BCUT2D eigenvalue weighted by Crippen LogP contribution is -2.40. The molecule has 0 radical (unpaired) electrons. The summed E-state index contributed by atoms with van der Waals surface area (Å²) in [6.45, 7) is 3.06. The molecule has 1 aromatic heterocycles. The number of rotatable bonds is 5. The first kappa shape index (κ1) is 17.1. The van der Waals surface area contributed by atoms with E-state index >= 15 is 0 Å². The molecule has 6 nitrogen and oxygen atoms in total. The van der Waals surface area contributed by atoms with E-state index in [9.17, 15) is 14.0 Å². The zero-order valence-electron chi connectivity index (χ0n) is 12.3. The maximum Gasteiger partial charge on any atom is 0.308 e. The number of aromatic nitrogens is 1. The van der Waals surface area contributed by atoms with Crippen molar-refractivity contribution in [3.05, 3.63) is 40.4 Å². The highest BCUT2D eigenvalue weighted by Gasteiger charge is 2.23. The number of halogens is 2. The number of hydrogen-bond acceptors (Lipinski definition) is 4. The van der Waals surface area contributed by atoms with Crippen molar-refractivity contribution in [2.75, 3.05) is 0 Å². The van der Waals surface area contributed by atoms with E-state index in [0.29, 0.717) is 4.47 Å². The molecule has 0 aliphatic carbocycles. The molecule has 2 N–H and O–H groups in total. The highest BCUT2D eigenvalue weighted by Crippen LogP contribution is 2.25. The number of hydrogen-bond donors (Lipinski definition) is 2. The number of benzene rings is 1. The van der Waals surface area contributed by atoms with E-state index in [1.54, 1.807) is 13.0 Å². The van der Waals surface area contributed by atoms with Gasteiger partial charge in [-0.05, 0) is 32.0 Å². The number of carbonyl (C=O) groups is 2. The van der Waals surface area contributed by atoms with Crippen molar-refractivity contribution in [1.29, 1.82) is 0 Å². The van der Waals surface area contributed by atoms with Gasteiger partial charge >= 0.3 is 5.97 Å². The van der Waals surface area contributed by atoms with E-state index in [4.69, 9.17) is 9.52 Å². The van der Waals surface area contributed by atoms with Crippen LogP contribution in [0.1, 0.15) is 24.3 Å². The molecular weight excluding hydrogens is 371 g/mol. The molecule has 0 aliphatic rings. The molecule has 2 rings (SSSR count). The second-order valence-corrected chi connectivity index (χ2v) is 5.97. The van der Waals surface area contributed by atoms with Crippen molar-refractivity contribution < 1.29 is 23.5 Å². The van der Waals surface area contributed by atoms with Crippen LogP contribution in [0.4, 0.5) is 4.39 Å². The van der Waals surface area contributed by atoms with Crippen molar-refractivity contribution in [3.8, 4) is 11.5 Å². The standard InChI is InChI=1S/C15H14BrFN2O4/c1-7(15(21)22)8(2)18-13(20)12-6-23-14(19-12)10-4-3-9(16)5-11(10)17/h3-8H,1-2H3,(H,18,20)(H,21,22). The summed E-state index contributed by atoms with van der Waals surface area (Å²) in [7, 11) is 0. The summed E-state index contributed by atoms with van der Waals surface area (Å²) in [5, 5.41) is 11.4. The predicted molar refractivity (Wildman–Crippen MR) is 83.3 cm³/mol. The first-order valence-corrected chi connectivity index (χ1v) is 7.53. The quantitative estimate of drug-likeness (QED) is 0.825. The molecule has 2 atom stereocenters. The Morgan fingerprint density at radius 1 is 1.39 bits per heavy atom. The number of amides is 1. The minimum atomic E-state index is -1.02. The summed E-state index contributed by atoms with van der Waals surface area (Å²) in [6.07, 6.45) is 1.10. The van der Waals surface area contributed by atoms with Crippen LogP contribution in [0, 0.1) is 11.7 Å². The van der Waals surface area contributed by atoms with Crippen molar-refractivity contribution in [3.63, 3.8) is 0 Å². The Morgan fingerprint density at radius 3 is 2.70 bits per heavy atom. The molecule has 0 spiro atoms. The molecule has 0 saturated carbocycles. The van der Waals surface area contributed by atoms with Crippen LogP contribution in [-0.2, 0) is 4.79 Å². The molecule has 0 saturated heterocycles. The predicted octanol–water partition coefficient (Wildman–Crippen LogP) is 3.08. The lowest BCUT2D eigenvalue weighted by Gasteiger charge is -2.16. The van der Waals surface area contributed by atoms with Gasteiger partial charge in [-0.2, -0.15) is 0 Å². The van der Waals surface area contributed by atoms with E-state index in [2.05, 4.69) is 26.2 Å². The van der Waals surface area contributed by atoms with Crippen LogP contribution in [0.25, 0.3) is 11.5 Å². The Labute approximate surface area is 139 Å². The third-order valence-corrected chi connectivity index (χ3v) is 3.89. The van der Waals surface area contributed by atoms with Crippen LogP contribution >= 0.6 is 15.9 Å². The second kappa shape index (κ2) is 6.91. The summed E-state index contributed by atoms with van der Waals surface area (Å²) in [4.78, 5) is 26.9. The maximum absolute atomic E-state index is 13.9. The fraction of sp³-hybridized carbons (Fsp3) is 0.267. The molecule has 0 aliphatic heterocycles. The van der Waals surface area contributed by atoms with E-state index in [0.717, 1.165) is 6.26 Å². The lowest BCUT2D eigenvalue weighted by atomic mass is 10.0. The number of carboxylic acids is 1. The fourth-order valence-corrected chi connectivity index (χ4v) is 2.12. The summed E-state index contributed by atoms with van der Waals surface area (Å²) in [6, 6.07) is 3.77. The first-order chi connectivity index (χ1) is 10.8. The van der Waals surface area contributed by atoms with Gasteiger partial charge in [-0.25, -0.2) is 9.37 Å². The van der Waals surface area contributed by atoms with Crippen LogP contribution in [-0.4, -0.2) is 28.0 Å². The SMILES string of the molecule is CC(NC(=O)c1coc(-c2ccc(Br)cc2F)n1)C(C)C(=O)O. The molecule has 2 unspecified atom stereocenters. The highest BCUT2D eigenvalue weighted by atomic mass is 79.9. The van der Waals surface area contributed by atoms with Crippen LogP contribution in [0.15, 0.2) is 33.4 Å². The normalized spacial score (nSPS) is 13.4. The van der Waals surface area contributed by atoms with Crippen molar-refractivity contribution in [2.24, 2.45) is 5.92 Å². The molecule has 1 aromatic carbocycles. The Bertz CT molecular complexity index is 747. The van der Waals surface area contributed by atoms with Crippen LogP contribution in [0.3, 0.4) is 0 Å². The van der Waals surface area contributed by atoms with E-state index in [1.807, 2.05) is 0 Å². The molecule has 122 valence electrons. The Balaban J connectivity index is 2.15. The van der Waals surface area contributed by atoms with Gasteiger partial charge in [0.2, 0.25) is 5.89 Å². The largest absolute Gasteiger partial charge is 0.481 e. The zero-order chi connectivity index (χ0) is 17.1. The fourth-order valence-electron chi connectivity index (χ4n) is 1.78. The molecule has 1 amide bonds. The number of aliphatic carboxylic acids is 1. The van der Waals surface area contributed by atoms with Gasteiger partial charge in [-0.3, -0.25) is 9.59 Å². The number of nitrogens with zero attached hydrogens (tertiary/aromatic N) is 1. The molecule has 23 heavy (non-hydrogen) atoms. The number of oxazole rings is 1. The van der Waals surface area contributed by atoms with Gasteiger partial charge in [0.25, 0.3) is 5.91 Å². The molecule has 0 bridgehead atoms. The smallest absolute Gasteiger partial charge is 0.308 e. The first-order valence-electron chi connectivity index (χ1n) is 6.74. The molecule has 1 heterocycles. The number of nitrogens with one attached hydrogen (secondary N) is 1. The van der Waals surface area contributed by atoms with Crippen molar-refractivity contribution in [2.45, 2.75) is 19.9 Å². The van der Waals surface area contributed by atoms with E-state index in [1.165, 1.54) is 19.1 Å². The molecule has 2 aromatic rings. The van der Waals surface area contributed by atoms with Gasteiger partial charge < -0.3 is 14.8 Å². The van der Waals surface area contributed by atoms with Gasteiger partial charge in [0, 0.05) is 10.5 Å². The minimum absolute atomic E-state index is 0.0286. The number of carboxylic acid groups (broad SMARTS) is 1. The number of carbonyl (C=O) groups excluding carboxylic acids is 1. The molecular formula is C15H14BrFN2O4. The maximum atomic E-state index is 13.9. The minimum Gasteiger partial charge on any atom is -0.481 e. The van der Waals surface area contributed by atoms with Gasteiger partial charge in [-0.1, -0.05) is 15.9 Å². The van der Waals surface area contributed by atoms with Gasteiger partial charge in [0.15, 0.2) is 5.69 Å². The third-order valence-electron chi connectivity index (χ3n) is 3.40. The lowest BCUT2D eigenvalue weighted by molar-refractivity contribution is -0.141. The van der Waals surface area contributed by atoms with Gasteiger partial charge in [0.05, 0.1) is 11.5 Å². The van der Waals surface area contributed by atoms with Gasteiger partial charge in [0.1, 0.15) is 12.1 Å². The Kier molecular flexibility index (Phi) is 5.15. The van der Waals surface area contributed by atoms with Crippen LogP contribution in [0.2, 0.25) is 0 Å². The van der Waals surface area contributed by atoms with Crippen LogP contribution in [0.5, 0.6) is 0 Å². The summed E-state index contributed by atoms with van der Waals surface area (Å²) in [5.74, 6) is -2.93. The molecule has 8 heteroatoms. The monoisotopic (exact) mass is 384 g/mol. The highest BCUT2D eigenvalue weighted by molar-refractivity contribution is 9.10. The topological polar surface area (TPSA) is 92.4 Å². The third kappa shape index (κ3) is 3.95. The second-order valence-electron chi connectivity index (χ2n) is 5.05. The van der Waals surface area contributed by atoms with E-state index in [-0.39, 0.29) is 17.1 Å². The van der Waals surface area contributed by atoms with Crippen molar-refractivity contribution in [1.82, 2.24) is 10.3 Å². The van der Waals surface area contributed by atoms with Crippen molar-refractivity contribution >= 4 is 27.8 Å². The Morgan fingerprint density at radius 2 is 2.09 bits per heavy atom. The summed E-state index contributed by atoms with van der Waals surface area (Å²) < 4.78 is 19.6. The average Bonchev–Trinajstić information content (AvgIpc) is 2.95. The zero-order valence-corrected chi connectivity index (χ0v) is 13.9. The average molecular weight is 385 g/mol. The van der Waals surface area contributed by atoms with Gasteiger partial charge in [-0.15, -0.1) is 0 Å². The van der Waals surface area contributed by atoms with Crippen LogP contribution < -0.4 is 5.32 Å². The summed E-state index contributed by atoms with van der Waals surface area (Å²) >= 11 is 3.15. The molecule has 0 fully saturated rings. The van der Waals surface area contributed by atoms with E-state index < -0.39 is 29.7 Å².